The van der Waals surface area contributed by atoms with Crippen LogP contribution >= 0.6 is 11.8 Å². The summed E-state index contributed by atoms with van der Waals surface area (Å²) in [4.78, 5) is 32.4. The number of ether oxygens (including phenoxy) is 1. The first-order valence-corrected chi connectivity index (χ1v) is 9.13. The smallest absolute Gasteiger partial charge is 0.343 e. The maximum absolute atomic E-state index is 12.5. The van der Waals surface area contributed by atoms with Crippen LogP contribution in [0.4, 0.5) is 11.5 Å². The number of carbonyl (C=O) groups is 2. The Morgan fingerprint density at radius 2 is 2.19 bits per heavy atom. The number of nitrogen functional groups attached to an aromatic ring is 1. The number of nitrogens with two attached hydrogens (primary N) is 1. The summed E-state index contributed by atoms with van der Waals surface area (Å²) in [6, 6.07) is 8.68. The molecule has 1 aromatic carbocycles. The van der Waals surface area contributed by atoms with Gasteiger partial charge in [-0.05, 0) is 31.5 Å². The third-order valence-electron chi connectivity index (χ3n) is 3.46. The minimum absolute atomic E-state index is 0.00272. The van der Waals surface area contributed by atoms with Gasteiger partial charge in [0.1, 0.15) is 11.4 Å². The molecular weight excluding hydrogens is 366 g/mol. The number of nitrogens with zero attached hydrogens (tertiary/aromatic N) is 3. The second-order valence-electron chi connectivity index (χ2n) is 5.37. The van der Waals surface area contributed by atoms with Crippen LogP contribution in [0.15, 0.2) is 35.6 Å². The van der Waals surface area contributed by atoms with Gasteiger partial charge < -0.3 is 15.8 Å². The van der Waals surface area contributed by atoms with Crippen LogP contribution in [-0.2, 0) is 9.53 Å². The van der Waals surface area contributed by atoms with E-state index in [9.17, 15) is 9.59 Å². The number of benzene rings is 1. The number of nitrogens with one attached hydrogen (secondary N) is 1. The molecule has 0 spiro atoms. The van der Waals surface area contributed by atoms with Crippen LogP contribution in [0.5, 0.6) is 0 Å². The van der Waals surface area contributed by atoms with Crippen molar-refractivity contribution >= 4 is 35.1 Å². The zero-order valence-electron chi connectivity index (χ0n) is 14.9. The van der Waals surface area contributed by atoms with Crippen molar-refractivity contribution in [3.8, 4) is 6.07 Å². The normalized spacial score (nSPS) is 11.3. The van der Waals surface area contributed by atoms with Gasteiger partial charge in [-0.15, -0.1) is 0 Å². The highest BCUT2D eigenvalue weighted by Gasteiger charge is 2.21. The molecule has 1 aromatic heterocycles. The van der Waals surface area contributed by atoms with Crippen LogP contribution < -0.4 is 11.1 Å². The number of aromatic nitrogens is 2. The highest BCUT2D eigenvalue weighted by Crippen LogP contribution is 2.25. The molecule has 27 heavy (non-hydrogen) atoms. The van der Waals surface area contributed by atoms with Gasteiger partial charge in [-0.25, -0.2) is 14.8 Å². The predicted molar refractivity (Wildman–Crippen MR) is 102 cm³/mol. The average Bonchev–Trinajstić information content (AvgIpc) is 2.66. The Labute approximate surface area is 161 Å². The van der Waals surface area contributed by atoms with Crippen LogP contribution in [0, 0.1) is 11.3 Å². The molecule has 8 nitrogen and oxygen atoms in total. The molecule has 9 heteroatoms. The van der Waals surface area contributed by atoms with Crippen molar-refractivity contribution in [1.29, 1.82) is 5.26 Å². The quantitative estimate of drug-likeness (QED) is 0.422. The summed E-state index contributed by atoms with van der Waals surface area (Å²) < 4.78 is 4.88. The molecule has 0 aliphatic rings. The lowest BCUT2D eigenvalue weighted by molar-refractivity contribution is -0.115. The maximum atomic E-state index is 12.5. The molecule has 0 radical (unpaired) electrons. The topological polar surface area (TPSA) is 131 Å². The molecule has 2 rings (SSSR count). The number of esters is 1. The lowest BCUT2D eigenvalue weighted by atomic mass is 10.2. The zero-order chi connectivity index (χ0) is 19.8. The van der Waals surface area contributed by atoms with Gasteiger partial charge in [0.25, 0.3) is 0 Å². The number of rotatable bonds is 7. The van der Waals surface area contributed by atoms with Crippen molar-refractivity contribution in [1.82, 2.24) is 9.97 Å². The van der Waals surface area contributed by atoms with E-state index in [1.165, 1.54) is 6.20 Å². The lowest BCUT2D eigenvalue weighted by Crippen LogP contribution is -2.25. The third-order valence-corrected chi connectivity index (χ3v) is 4.70. The van der Waals surface area contributed by atoms with E-state index in [2.05, 4.69) is 15.3 Å². The molecule has 0 aliphatic heterocycles. The summed E-state index contributed by atoms with van der Waals surface area (Å²) in [6.45, 7) is 3.77. The van der Waals surface area contributed by atoms with Crippen molar-refractivity contribution in [3.05, 3.63) is 41.6 Å². The Morgan fingerprint density at radius 1 is 1.41 bits per heavy atom. The van der Waals surface area contributed by atoms with E-state index in [0.29, 0.717) is 17.7 Å². The Bertz CT molecular complexity index is 882. The molecule has 0 aliphatic carbocycles. The fraction of sp³-hybridized carbons (Fsp3) is 0.278. The molecule has 0 saturated carbocycles. The van der Waals surface area contributed by atoms with Gasteiger partial charge in [0.2, 0.25) is 5.91 Å². The number of thioether (sulfide) groups is 1. The summed E-state index contributed by atoms with van der Waals surface area (Å²) in [7, 11) is 0. The molecule has 1 unspecified atom stereocenters. The number of amides is 1. The summed E-state index contributed by atoms with van der Waals surface area (Å²) in [6.07, 6.45) is 1.82. The van der Waals surface area contributed by atoms with Gasteiger partial charge in [-0.3, -0.25) is 4.79 Å². The van der Waals surface area contributed by atoms with E-state index in [1.807, 2.05) is 13.0 Å². The van der Waals surface area contributed by atoms with Gasteiger partial charge in [0.15, 0.2) is 5.16 Å². The fourth-order valence-electron chi connectivity index (χ4n) is 2.14. The molecule has 0 bridgehead atoms. The van der Waals surface area contributed by atoms with Crippen LogP contribution in [0.1, 0.15) is 36.2 Å². The van der Waals surface area contributed by atoms with Crippen molar-refractivity contribution in [2.75, 3.05) is 17.7 Å². The van der Waals surface area contributed by atoms with Gasteiger partial charge in [-0.2, -0.15) is 5.26 Å². The lowest BCUT2D eigenvalue weighted by Gasteiger charge is -2.14. The van der Waals surface area contributed by atoms with Crippen molar-refractivity contribution in [3.63, 3.8) is 0 Å². The second kappa shape index (κ2) is 9.54. The molecule has 2 aromatic rings. The highest BCUT2D eigenvalue weighted by atomic mass is 32.2. The standard InChI is InChI=1S/C18H19N5O3S/c1-3-14(16(24)22-12-7-5-6-11(8-12)9-19)27-18-21-10-13(15(20)23-18)17(25)26-4-2/h5-8,10,14H,3-4H2,1-2H3,(H,22,24)(H2,20,21,23). The van der Waals surface area contributed by atoms with Crippen LogP contribution in [0.2, 0.25) is 0 Å². The minimum Gasteiger partial charge on any atom is -0.462 e. The molecular formula is C18H19N5O3S. The van der Waals surface area contributed by atoms with E-state index in [-0.39, 0.29) is 29.1 Å². The Kier molecular flexibility index (Phi) is 7.14. The summed E-state index contributed by atoms with van der Waals surface area (Å²) in [5, 5.41) is 11.5. The van der Waals surface area contributed by atoms with Crippen molar-refractivity contribution < 1.29 is 14.3 Å². The second-order valence-corrected chi connectivity index (χ2v) is 6.54. The number of anilines is 2. The monoisotopic (exact) mass is 385 g/mol. The Balaban J connectivity index is 2.09. The molecule has 0 saturated heterocycles. The maximum Gasteiger partial charge on any atom is 0.343 e. The van der Waals surface area contributed by atoms with Gasteiger partial charge in [-0.1, -0.05) is 24.8 Å². The van der Waals surface area contributed by atoms with E-state index in [4.69, 9.17) is 15.7 Å². The number of nitriles is 1. The fourth-order valence-corrected chi connectivity index (χ4v) is 2.99. The van der Waals surface area contributed by atoms with Crippen LogP contribution in [-0.4, -0.2) is 33.7 Å². The summed E-state index contributed by atoms with van der Waals surface area (Å²) in [5.74, 6) is -0.828. The third kappa shape index (κ3) is 5.43. The zero-order valence-corrected chi connectivity index (χ0v) is 15.7. The van der Waals surface area contributed by atoms with E-state index < -0.39 is 11.2 Å². The van der Waals surface area contributed by atoms with Crippen LogP contribution in [0.3, 0.4) is 0 Å². The summed E-state index contributed by atoms with van der Waals surface area (Å²) >= 11 is 1.14. The molecule has 0 fully saturated rings. The molecule has 1 heterocycles. The first-order chi connectivity index (χ1) is 13.0. The van der Waals surface area contributed by atoms with Crippen molar-refractivity contribution in [2.24, 2.45) is 0 Å². The SMILES string of the molecule is CCOC(=O)c1cnc(SC(CC)C(=O)Nc2cccc(C#N)c2)nc1N. The first kappa shape index (κ1) is 20.2. The summed E-state index contributed by atoms with van der Waals surface area (Å²) in [5.41, 5.74) is 6.89. The number of carbonyl (C=O) groups excluding carboxylic acids is 2. The highest BCUT2D eigenvalue weighted by molar-refractivity contribution is 8.00. The van der Waals surface area contributed by atoms with Crippen molar-refractivity contribution in [2.45, 2.75) is 30.7 Å². The molecule has 1 atom stereocenters. The Hall–Kier alpha value is -3.12. The minimum atomic E-state index is -0.589. The van der Waals surface area contributed by atoms with Crippen LogP contribution in [0.25, 0.3) is 0 Å². The van der Waals surface area contributed by atoms with E-state index >= 15 is 0 Å². The van der Waals surface area contributed by atoms with E-state index in [1.54, 1.807) is 31.2 Å². The largest absolute Gasteiger partial charge is 0.462 e. The first-order valence-electron chi connectivity index (χ1n) is 8.25. The molecule has 1 amide bonds. The number of hydrogen-bond donors (Lipinski definition) is 2. The average molecular weight is 385 g/mol. The Morgan fingerprint density at radius 3 is 2.81 bits per heavy atom. The predicted octanol–water partition coefficient (Wildman–Crippen LogP) is 2.62. The van der Waals surface area contributed by atoms with E-state index in [0.717, 1.165) is 11.8 Å². The van der Waals surface area contributed by atoms with Gasteiger partial charge >= 0.3 is 5.97 Å². The van der Waals surface area contributed by atoms with Gasteiger partial charge in [0, 0.05) is 11.9 Å². The van der Waals surface area contributed by atoms with Gasteiger partial charge in [0.05, 0.1) is 23.5 Å². The number of hydrogen-bond acceptors (Lipinski definition) is 8. The molecule has 140 valence electrons. The molecule has 3 N–H and O–H groups in total.